The monoisotopic (exact) mass is 312 g/mol. The van der Waals surface area contributed by atoms with Gasteiger partial charge >= 0.3 is 0 Å². The number of nitrogens with one attached hydrogen (secondary N) is 1. The van der Waals surface area contributed by atoms with Gasteiger partial charge in [0.1, 0.15) is 5.82 Å². The number of rotatable bonds is 4. The quantitative estimate of drug-likeness (QED) is 0.928. The zero-order valence-corrected chi connectivity index (χ0v) is 13.3. The maximum absolute atomic E-state index is 12.9. The lowest BCUT2D eigenvalue weighted by molar-refractivity contribution is -0.115. The average Bonchev–Trinajstić information content (AvgIpc) is 3.04. The third kappa shape index (κ3) is 3.89. The zero-order chi connectivity index (χ0) is 16.2. The van der Waals surface area contributed by atoms with E-state index in [4.69, 9.17) is 0 Å². The number of hydrogen-bond donors (Lipinski definition) is 1. The SMILES string of the molecule is Cc1cc(NC(=O)Cc2ccc(F)cc2)ccc1N1CCCC1. The summed E-state index contributed by atoms with van der Waals surface area (Å²) in [5, 5.41) is 2.91. The van der Waals surface area contributed by atoms with Gasteiger partial charge in [-0.25, -0.2) is 4.39 Å². The Hall–Kier alpha value is -2.36. The van der Waals surface area contributed by atoms with Crippen molar-refractivity contribution in [2.24, 2.45) is 0 Å². The van der Waals surface area contributed by atoms with Crippen LogP contribution in [-0.4, -0.2) is 19.0 Å². The Morgan fingerprint density at radius 1 is 1.13 bits per heavy atom. The molecule has 1 amide bonds. The van der Waals surface area contributed by atoms with Gasteiger partial charge in [0.05, 0.1) is 6.42 Å². The van der Waals surface area contributed by atoms with Gasteiger partial charge in [-0.3, -0.25) is 4.79 Å². The van der Waals surface area contributed by atoms with E-state index >= 15 is 0 Å². The smallest absolute Gasteiger partial charge is 0.228 e. The molecule has 3 nitrogen and oxygen atoms in total. The fraction of sp³-hybridized carbons (Fsp3) is 0.316. The van der Waals surface area contributed by atoms with Crippen LogP contribution in [0.4, 0.5) is 15.8 Å². The van der Waals surface area contributed by atoms with E-state index in [-0.39, 0.29) is 18.1 Å². The number of carbonyl (C=O) groups excluding carboxylic acids is 1. The van der Waals surface area contributed by atoms with E-state index < -0.39 is 0 Å². The Kier molecular flexibility index (Phi) is 4.60. The normalized spacial score (nSPS) is 14.1. The lowest BCUT2D eigenvalue weighted by Crippen LogP contribution is -2.19. The second-order valence-corrected chi connectivity index (χ2v) is 6.05. The summed E-state index contributed by atoms with van der Waals surface area (Å²) in [5.41, 5.74) is 4.03. The van der Waals surface area contributed by atoms with Crippen LogP contribution in [0, 0.1) is 12.7 Å². The molecule has 1 aliphatic heterocycles. The molecule has 0 saturated carbocycles. The summed E-state index contributed by atoms with van der Waals surface area (Å²) in [6, 6.07) is 12.1. The molecule has 2 aromatic carbocycles. The van der Waals surface area contributed by atoms with Gasteiger partial charge in [-0.2, -0.15) is 0 Å². The molecular weight excluding hydrogens is 291 g/mol. The number of anilines is 2. The van der Waals surface area contributed by atoms with E-state index in [0.717, 1.165) is 24.3 Å². The topological polar surface area (TPSA) is 32.3 Å². The van der Waals surface area contributed by atoms with Crippen LogP contribution < -0.4 is 10.2 Å². The van der Waals surface area contributed by atoms with E-state index in [1.165, 1.54) is 36.2 Å². The highest BCUT2D eigenvalue weighted by atomic mass is 19.1. The van der Waals surface area contributed by atoms with E-state index in [9.17, 15) is 9.18 Å². The summed E-state index contributed by atoms with van der Waals surface area (Å²) < 4.78 is 12.9. The molecule has 1 fully saturated rings. The Balaban J connectivity index is 1.64. The van der Waals surface area contributed by atoms with Gasteiger partial charge < -0.3 is 10.2 Å². The van der Waals surface area contributed by atoms with Gasteiger partial charge in [0.15, 0.2) is 0 Å². The van der Waals surface area contributed by atoms with Crippen molar-refractivity contribution in [1.29, 1.82) is 0 Å². The van der Waals surface area contributed by atoms with Crippen LogP contribution in [0.15, 0.2) is 42.5 Å². The van der Waals surface area contributed by atoms with Crippen molar-refractivity contribution in [3.05, 3.63) is 59.4 Å². The highest BCUT2D eigenvalue weighted by molar-refractivity contribution is 5.92. The summed E-state index contributed by atoms with van der Waals surface area (Å²) in [4.78, 5) is 14.5. The molecule has 0 atom stereocenters. The standard InChI is InChI=1S/C19H21FN2O/c1-14-12-17(8-9-18(14)22-10-2-3-11-22)21-19(23)13-15-4-6-16(20)7-5-15/h4-9,12H,2-3,10-11,13H2,1H3,(H,21,23). The minimum Gasteiger partial charge on any atom is -0.371 e. The molecule has 4 heteroatoms. The maximum Gasteiger partial charge on any atom is 0.228 e. The predicted octanol–water partition coefficient (Wildman–Crippen LogP) is 3.92. The molecule has 0 bridgehead atoms. The molecule has 1 heterocycles. The molecular formula is C19H21FN2O. The Labute approximate surface area is 136 Å². The first kappa shape index (κ1) is 15.5. The third-order valence-electron chi connectivity index (χ3n) is 4.21. The van der Waals surface area contributed by atoms with Gasteiger partial charge in [-0.15, -0.1) is 0 Å². The minimum absolute atomic E-state index is 0.0927. The highest BCUT2D eigenvalue weighted by Crippen LogP contribution is 2.26. The van der Waals surface area contributed by atoms with Crippen LogP contribution >= 0.6 is 0 Å². The fourth-order valence-electron chi connectivity index (χ4n) is 3.04. The van der Waals surface area contributed by atoms with E-state index in [1.807, 2.05) is 12.1 Å². The van der Waals surface area contributed by atoms with Crippen LogP contribution in [0.1, 0.15) is 24.0 Å². The summed E-state index contributed by atoms with van der Waals surface area (Å²) in [7, 11) is 0. The van der Waals surface area contributed by atoms with Crippen molar-refractivity contribution in [3.63, 3.8) is 0 Å². The number of aryl methyl sites for hydroxylation is 1. The van der Waals surface area contributed by atoms with Gasteiger partial charge in [0.2, 0.25) is 5.91 Å². The predicted molar refractivity (Wildman–Crippen MR) is 91.4 cm³/mol. The number of hydrogen-bond acceptors (Lipinski definition) is 2. The summed E-state index contributed by atoms with van der Waals surface area (Å²) in [5.74, 6) is -0.382. The van der Waals surface area contributed by atoms with E-state index in [0.29, 0.717) is 0 Å². The first-order valence-corrected chi connectivity index (χ1v) is 8.02. The second kappa shape index (κ2) is 6.82. The van der Waals surface area contributed by atoms with E-state index in [2.05, 4.69) is 23.2 Å². The molecule has 0 aliphatic carbocycles. The first-order valence-electron chi connectivity index (χ1n) is 8.02. The van der Waals surface area contributed by atoms with Crippen LogP contribution in [-0.2, 0) is 11.2 Å². The van der Waals surface area contributed by atoms with Gasteiger partial charge in [-0.05, 0) is 61.2 Å². The lowest BCUT2D eigenvalue weighted by Gasteiger charge is -2.20. The minimum atomic E-state index is -0.290. The number of carbonyl (C=O) groups is 1. The van der Waals surface area contributed by atoms with Crippen molar-refractivity contribution in [3.8, 4) is 0 Å². The fourth-order valence-corrected chi connectivity index (χ4v) is 3.04. The molecule has 23 heavy (non-hydrogen) atoms. The van der Waals surface area contributed by atoms with Crippen LogP contribution in [0.2, 0.25) is 0 Å². The molecule has 0 spiro atoms. The van der Waals surface area contributed by atoms with Crippen molar-refractivity contribution < 1.29 is 9.18 Å². The average molecular weight is 312 g/mol. The number of nitrogens with zero attached hydrogens (tertiary/aromatic N) is 1. The zero-order valence-electron chi connectivity index (χ0n) is 13.3. The molecule has 120 valence electrons. The van der Waals surface area contributed by atoms with Gasteiger partial charge in [0, 0.05) is 24.5 Å². The van der Waals surface area contributed by atoms with Crippen molar-refractivity contribution in [2.45, 2.75) is 26.2 Å². The highest BCUT2D eigenvalue weighted by Gasteiger charge is 2.14. The van der Waals surface area contributed by atoms with Gasteiger partial charge in [-0.1, -0.05) is 12.1 Å². The molecule has 0 radical (unpaired) electrons. The number of halogens is 1. The lowest BCUT2D eigenvalue weighted by atomic mass is 10.1. The third-order valence-corrected chi connectivity index (χ3v) is 4.21. The molecule has 1 aliphatic rings. The first-order chi connectivity index (χ1) is 11.1. The molecule has 1 saturated heterocycles. The Bertz CT molecular complexity index is 691. The Morgan fingerprint density at radius 2 is 1.83 bits per heavy atom. The van der Waals surface area contributed by atoms with Crippen molar-refractivity contribution in [2.75, 3.05) is 23.3 Å². The van der Waals surface area contributed by atoms with Crippen molar-refractivity contribution >= 4 is 17.3 Å². The van der Waals surface area contributed by atoms with E-state index in [1.54, 1.807) is 12.1 Å². The number of benzene rings is 2. The van der Waals surface area contributed by atoms with Crippen molar-refractivity contribution in [1.82, 2.24) is 0 Å². The van der Waals surface area contributed by atoms with Crippen LogP contribution in [0.3, 0.4) is 0 Å². The molecule has 0 unspecified atom stereocenters. The number of amides is 1. The summed E-state index contributed by atoms with van der Waals surface area (Å²) >= 11 is 0. The molecule has 3 rings (SSSR count). The van der Waals surface area contributed by atoms with Gasteiger partial charge in [0.25, 0.3) is 0 Å². The largest absolute Gasteiger partial charge is 0.371 e. The second-order valence-electron chi connectivity index (χ2n) is 6.05. The Morgan fingerprint density at radius 3 is 2.48 bits per heavy atom. The maximum atomic E-state index is 12.9. The van der Waals surface area contributed by atoms with Crippen LogP contribution in [0.5, 0.6) is 0 Å². The molecule has 0 aromatic heterocycles. The van der Waals surface area contributed by atoms with Crippen LogP contribution in [0.25, 0.3) is 0 Å². The molecule has 1 N–H and O–H groups in total. The summed E-state index contributed by atoms with van der Waals surface area (Å²) in [6.07, 6.45) is 2.73. The summed E-state index contributed by atoms with van der Waals surface area (Å²) in [6.45, 7) is 4.29. The molecule has 2 aromatic rings.